The van der Waals surface area contributed by atoms with Gasteiger partial charge in [0.05, 0.1) is 0 Å². The molecule has 1 aliphatic heterocycles. The van der Waals surface area contributed by atoms with Crippen LogP contribution in [0.5, 0.6) is 0 Å². The maximum Gasteiger partial charge on any atom is 0.0474 e. The molecular weight excluding hydrogens is 412 g/mol. The first kappa shape index (κ1) is 22.3. The molecule has 1 saturated carbocycles. The Kier molecular flexibility index (Phi) is 6.15. The van der Waals surface area contributed by atoms with Crippen molar-refractivity contribution in [2.24, 2.45) is 5.41 Å². The second-order valence-electron chi connectivity index (χ2n) is 9.72. The molecule has 1 unspecified atom stereocenters. The second-order valence-corrected chi connectivity index (χ2v) is 9.72. The molecule has 0 aromatic heterocycles. The fourth-order valence-corrected chi connectivity index (χ4v) is 5.28. The van der Waals surface area contributed by atoms with Crippen molar-refractivity contribution in [3.05, 3.63) is 126 Å². The minimum atomic E-state index is 0.115. The molecule has 34 heavy (non-hydrogen) atoms. The quantitative estimate of drug-likeness (QED) is 0.396. The standard InChI is InChI=1S/C32H34N2/c1-4-34-20-19-24(2)21-31(34)27-17-11-12-18-30(27)33-23-29(26-15-9-6-10-16-26)32(3)22-28(32)25-13-7-5-8-14-25/h5-19,21,23,28,33H,4,20,22H2,1-3H3/b29-23-/t28-,32?/m0/s1. The highest BCUT2D eigenvalue weighted by molar-refractivity contribution is 5.81. The third-order valence-electron chi connectivity index (χ3n) is 7.43. The topological polar surface area (TPSA) is 15.3 Å². The van der Waals surface area contributed by atoms with Gasteiger partial charge in [-0.25, -0.2) is 0 Å². The van der Waals surface area contributed by atoms with Crippen molar-refractivity contribution in [3.63, 3.8) is 0 Å². The number of nitrogens with zero attached hydrogens (tertiary/aromatic N) is 1. The number of hydrogen-bond donors (Lipinski definition) is 1. The normalized spacial score (nSPS) is 22.1. The van der Waals surface area contributed by atoms with E-state index < -0.39 is 0 Å². The van der Waals surface area contributed by atoms with Crippen LogP contribution in [0.4, 0.5) is 5.69 Å². The van der Waals surface area contributed by atoms with Gasteiger partial charge in [0.15, 0.2) is 0 Å². The third kappa shape index (κ3) is 4.33. The summed E-state index contributed by atoms with van der Waals surface area (Å²) in [7, 11) is 0. The highest BCUT2D eigenvalue weighted by Gasteiger charge is 2.53. The molecule has 2 nitrogen and oxygen atoms in total. The van der Waals surface area contributed by atoms with Crippen LogP contribution < -0.4 is 5.32 Å². The van der Waals surface area contributed by atoms with Gasteiger partial charge in [-0.2, -0.15) is 0 Å². The Morgan fingerprint density at radius 3 is 2.38 bits per heavy atom. The van der Waals surface area contributed by atoms with E-state index >= 15 is 0 Å². The van der Waals surface area contributed by atoms with Crippen molar-refractivity contribution < 1.29 is 0 Å². The van der Waals surface area contributed by atoms with Crippen molar-refractivity contribution in [2.45, 2.75) is 33.1 Å². The van der Waals surface area contributed by atoms with Gasteiger partial charge in [-0.05, 0) is 55.0 Å². The minimum absolute atomic E-state index is 0.115. The monoisotopic (exact) mass is 446 g/mol. The summed E-state index contributed by atoms with van der Waals surface area (Å²) in [5.74, 6) is 0.543. The number of benzene rings is 3. The molecule has 2 heteroatoms. The highest BCUT2D eigenvalue weighted by Crippen LogP contribution is 2.65. The summed E-state index contributed by atoms with van der Waals surface area (Å²) in [5, 5.41) is 3.74. The van der Waals surface area contributed by atoms with Crippen molar-refractivity contribution >= 4 is 17.0 Å². The van der Waals surface area contributed by atoms with Gasteiger partial charge in [-0.15, -0.1) is 0 Å². The summed E-state index contributed by atoms with van der Waals surface area (Å²) in [4.78, 5) is 2.43. The van der Waals surface area contributed by atoms with Gasteiger partial charge in [0.2, 0.25) is 0 Å². The van der Waals surface area contributed by atoms with Crippen LogP contribution in [0.3, 0.4) is 0 Å². The zero-order chi connectivity index (χ0) is 23.5. The summed E-state index contributed by atoms with van der Waals surface area (Å²) in [6.07, 6.45) is 8.04. The molecule has 0 bridgehead atoms. The average Bonchev–Trinajstić information content (AvgIpc) is 3.57. The van der Waals surface area contributed by atoms with E-state index in [1.807, 2.05) is 0 Å². The van der Waals surface area contributed by atoms with E-state index in [9.17, 15) is 0 Å². The maximum atomic E-state index is 3.74. The third-order valence-corrected chi connectivity index (χ3v) is 7.43. The lowest BCUT2D eigenvalue weighted by atomic mass is 9.88. The lowest BCUT2D eigenvalue weighted by molar-refractivity contribution is 0.458. The first-order valence-electron chi connectivity index (χ1n) is 12.4. The van der Waals surface area contributed by atoms with Gasteiger partial charge in [0.25, 0.3) is 0 Å². The Bertz CT molecular complexity index is 1240. The molecular formula is C32H34N2. The first-order chi connectivity index (χ1) is 16.6. The van der Waals surface area contributed by atoms with Crippen LogP contribution in [0.25, 0.3) is 11.3 Å². The van der Waals surface area contributed by atoms with Crippen LogP contribution in [0.15, 0.2) is 109 Å². The minimum Gasteiger partial charge on any atom is -0.368 e. The van der Waals surface area contributed by atoms with Crippen molar-refractivity contribution in [3.8, 4) is 0 Å². The maximum absolute atomic E-state index is 3.74. The van der Waals surface area contributed by atoms with Crippen LogP contribution >= 0.6 is 0 Å². The number of likely N-dealkylation sites (N-methyl/N-ethyl adjacent to an activating group) is 1. The predicted octanol–water partition coefficient (Wildman–Crippen LogP) is 7.96. The van der Waals surface area contributed by atoms with E-state index in [1.165, 1.54) is 40.0 Å². The summed E-state index contributed by atoms with van der Waals surface area (Å²) in [5.41, 5.74) is 9.23. The van der Waals surface area contributed by atoms with Gasteiger partial charge in [0, 0.05) is 41.7 Å². The van der Waals surface area contributed by atoms with Crippen molar-refractivity contribution in [2.75, 3.05) is 18.4 Å². The fraction of sp³-hybridized carbons (Fsp3) is 0.250. The molecule has 1 fully saturated rings. The number of anilines is 1. The van der Waals surface area contributed by atoms with E-state index in [0.717, 1.165) is 18.8 Å². The van der Waals surface area contributed by atoms with Gasteiger partial charge < -0.3 is 10.2 Å². The molecule has 1 heterocycles. The summed E-state index contributed by atoms with van der Waals surface area (Å²) in [6.45, 7) is 8.78. The summed E-state index contributed by atoms with van der Waals surface area (Å²) in [6, 6.07) is 30.5. The van der Waals surface area contributed by atoms with Gasteiger partial charge in [0.1, 0.15) is 0 Å². The summed E-state index contributed by atoms with van der Waals surface area (Å²) >= 11 is 0. The van der Waals surface area contributed by atoms with Crippen LogP contribution in [-0.4, -0.2) is 18.0 Å². The first-order valence-corrected chi connectivity index (χ1v) is 12.4. The van der Waals surface area contributed by atoms with E-state index in [2.05, 4.69) is 134 Å². The van der Waals surface area contributed by atoms with Gasteiger partial charge in [-0.1, -0.05) is 97.4 Å². The van der Waals surface area contributed by atoms with Crippen molar-refractivity contribution in [1.29, 1.82) is 0 Å². The van der Waals surface area contributed by atoms with E-state index in [0.29, 0.717) is 5.92 Å². The lowest BCUT2D eigenvalue weighted by Crippen LogP contribution is -2.24. The molecule has 1 aliphatic carbocycles. The molecule has 3 aromatic rings. The Hall–Kier alpha value is -3.52. The van der Waals surface area contributed by atoms with E-state index in [-0.39, 0.29) is 5.41 Å². The molecule has 1 N–H and O–H groups in total. The number of allylic oxidation sites excluding steroid dienone is 3. The molecule has 0 radical (unpaired) electrons. The van der Waals surface area contributed by atoms with Gasteiger partial charge >= 0.3 is 0 Å². The molecule has 0 amide bonds. The van der Waals surface area contributed by atoms with E-state index in [4.69, 9.17) is 0 Å². The highest BCUT2D eigenvalue weighted by atomic mass is 15.1. The Morgan fingerprint density at radius 2 is 1.65 bits per heavy atom. The second kappa shape index (κ2) is 9.38. The lowest BCUT2D eigenvalue weighted by Gasteiger charge is -2.29. The molecule has 0 spiro atoms. The fourth-order valence-electron chi connectivity index (χ4n) is 5.28. The smallest absolute Gasteiger partial charge is 0.0474 e. The Labute approximate surface area is 204 Å². The van der Waals surface area contributed by atoms with E-state index in [1.54, 1.807) is 0 Å². The number of nitrogens with one attached hydrogen (secondary N) is 1. The number of para-hydroxylation sites is 1. The molecule has 5 rings (SSSR count). The Balaban J connectivity index is 1.51. The van der Waals surface area contributed by atoms with Crippen LogP contribution in [-0.2, 0) is 0 Å². The SMILES string of the molecule is CCN1CC=C(C)C=C1c1ccccc1N/C=C(/c1ccccc1)C1(C)C[C@H]1c1ccccc1. The zero-order valence-corrected chi connectivity index (χ0v) is 20.5. The molecule has 3 aromatic carbocycles. The number of rotatable bonds is 7. The van der Waals surface area contributed by atoms with Crippen LogP contribution in [0.2, 0.25) is 0 Å². The average molecular weight is 447 g/mol. The molecule has 0 saturated heterocycles. The Morgan fingerprint density at radius 1 is 0.971 bits per heavy atom. The van der Waals surface area contributed by atoms with Crippen LogP contribution in [0.1, 0.15) is 49.8 Å². The number of hydrogen-bond acceptors (Lipinski definition) is 2. The van der Waals surface area contributed by atoms with Gasteiger partial charge in [-0.3, -0.25) is 0 Å². The predicted molar refractivity (Wildman–Crippen MR) is 145 cm³/mol. The molecule has 2 atom stereocenters. The van der Waals surface area contributed by atoms with Crippen molar-refractivity contribution in [1.82, 2.24) is 4.90 Å². The summed E-state index contributed by atoms with van der Waals surface area (Å²) < 4.78 is 0. The molecule has 2 aliphatic rings. The largest absolute Gasteiger partial charge is 0.368 e. The zero-order valence-electron chi connectivity index (χ0n) is 20.5. The molecule has 172 valence electrons. The van der Waals surface area contributed by atoms with Crippen LogP contribution in [0, 0.1) is 5.41 Å².